The summed E-state index contributed by atoms with van der Waals surface area (Å²) in [6.45, 7) is 4.69. The van der Waals surface area contributed by atoms with Crippen LogP contribution < -0.4 is 0 Å². The summed E-state index contributed by atoms with van der Waals surface area (Å²) in [4.78, 5) is 14.9. The van der Waals surface area contributed by atoms with Crippen LogP contribution in [0.5, 0.6) is 0 Å². The van der Waals surface area contributed by atoms with Crippen LogP contribution in [-0.2, 0) is 5.41 Å². The normalized spacial score (nSPS) is 13.1. The van der Waals surface area contributed by atoms with E-state index in [0.717, 1.165) is 39.3 Å². The van der Waals surface area contributed by atoms with Gasteiger partial charge < -0.3 is 0 Å². The third kappa shape index (κ3) is 4.46. The number of fused-ring (bicyclic) bond motifs is 6. The van der Waals surface area contributed by atoms with E-state index in [1.165, 1.54) is 43.8 Å². The number of rotatable bonds is 4. The van der Waals surface area contributed by atoms with Crippen molar-refractivity contribution in [2.45, 2.75) is 19.3 Å². The SMILES string of the molecule is CC1(C)c2ccccc2-c2cc3ccc4c(-c5cc(-c6cccc(-c7ccccn7)c6)nc(-c6ccccc6)n5)cccc4c3cc21. The van der Waals surface area contributed by atoms with Crippen molar-refractivity contribution in [3.05, 3.63) is 163 Å². The zero-order chi connectivity index (χ0) is 31.5. The Kier molecular flexibility index (Phi) is 6.16. The Morgan fingerprint density at radius 1 is 0.426 bits per heavy atom. The summed E-state index contributed by atoms with van der Waals surface area (Å²) in [6, 6.07) is 51.6. The Balaban J connectivity index is 1.24. The molecule has 3 nitrogen and oxygen atoms in total. The molecule has 0 aliphatic heterocycles. The third-order valence-corrected chi connectivity index (χ3v) is 9.73. The average Bonchev–Trinajstić information content (AvgIpc) is 3.36. The molecule has 47 heavy (non-hydrogen) atoms. The Morgan fingerprint density at radius 2 is 1.15 bits per heavy atom. The van der Waals surface area contributed by atoms with E-state index in [1.54, 1.807) is 0 Å². The van der Waals surface area contributed by atoms with Crippen molar-refractivity contribution in [1.82, 2.24) is 15.0 Å². The van der Waals surface area contributed by atoms with Crippen LogP contribution in [0.2, 0.25) is 0 Å². The number of hydrogen-bond donors (Lipinski definition) is 0. The minimum absolute atomic E-state index is 0.0597. The lowest BCUT2D eigenvalue weighted by molar-refractivity contribution is 0.661. The minimum Gasteiger partial charge on any atom is -0.256 e. The molecular formula is C44H31N3. The molecule has 0 unspecified atom stereocenters. The molecule has 0 spiro atoms. The second-order valence-electron chi connectivity index (χ2n) is 12.9. The molecule has 0 saturated carbocycles. The highest BCUT2D eigenvalue weighted by molar-refractivity contribution is 6.13. The molecule has 0 fully saturated rings. The molecule has 0 amide bonds. The Bertz CT molecular complexity index is 2480. The van der Waals surface area contributed by atoms with Gasteiger partial charge in [-0.2, -0.15) is 0 Å². The summed E-state index contributed by atoms with van der Waals surface area (Å²) in [5.74, 6) is 0.705. The van der Waals surface area contributed by atoms with Gasteiger partial charge in [-0.25, -0.2) is 9.97 Å². The summed E-state index contributed by atoms with van der Waals surface area (Å²) in [5.41, 5.74) is 12.3. The van der Waals surface area contributed by atoms with Crippen molar-refractivity contribution in [1.29, 1.82) is 0 Å². The van der Waals surface area contributed by atoms with Crippen molar-refractivity contribution in [3.8, 4) is 56.3 Å². The molecular weight excluding hydrogens is 571 g/mol. The van der Waals surface area contributed by atoms with E-state index in [4.69, 9.17) is 9.97 Å². The maximum absolute atomic E-state index is 5.19. The fourth-order valence-electron chi connectivity index (χ4n) is 7.33. The summed E-state index contributed by atoms with van der Waals surface area (Å²) in [5, 5.41) is 4.93. The van der Waals surface area contributed by atoms with E-state index >= 15 is 0 Å². The molecule has 1 aliphatic carbocycles. The maximum atomic E-state index is 5.19. The second kappa shape index (κ2) is 10.6. The first-order valence-corrected chi connectivity index (χ1v) is 16.1. The summed E-state index contributed by atoms with van der Waals surface area (Å²) in [6.07, 6.45) is 1.83. The molecule has 1 aliphatic rings. The van der Waals surface area contributed by atoms with E-state index < -0.39 is 0 Å². The maximum Gasteiger partial charge on any atom is 0.160 e. The van der Waals surface area contributed by atoms with Crippen molar-refractivity contribution in [3.63, 3.8) is 0 Å². The first-order chi connectivity index (χ1) is 23.0. The van der Waals surface area contributed by atoms with Gasteiger partial charge in [0.2, 0.25) is 0 Å². The average molecular weight is 602 g/mol. The van der Waals surface area contributed by atoms with Gasteiger partial charge in [-0.15, -0.1) is 0 Å². The number of hydrogen-bond acceptors (Lipinski definition) is 3. The summed E-state index contributed by atoms with van der Waals surface area (Å²) >= 11 is 0. The van der Waals surface area contributed by atoms with Gasteiger partial charge in [-0.3, -0.25) is 4.98 Å². The van der Waals surface area contributed by atoms with E-state index in [2.05, 4.69) is 128 Å². The van der Waals surface area contributed by atoms with E-state index in [-0.39, 0.29) is 5.41 Å². The van der Waals surface area contributed by atoms with Crippen molar-refractivity contribution in [2.75, 3.05) is 0 Å². The van der Waals surface area contributed by atoms with Gasteiger partial charge in [-0.05, 0) is 80.2 Å². The van der Waals surface area contributed by atoms with Crippen LogP contribution in [0.15, 0.2) is 152 Å². The van der Waals surface area contributed by atoms with Gasteiger partial charge in [0.1, 0.15) is 0 Å². The van der Waals surface area contributed by atoms with Crippen LogP contribution >= 0.6 is 0 Å². The number of aromatic nitrogens is 3. The van der Waals surface area contributed by atoms with E-state index in [0.29, 0.717) is 5.82 Å². The molecule has 3 heteroatoms. The first-order valence-electron chi connectivity index (χ1n) is 16.1. The van der Waals surface area contributed by atoms with Crippen molar-refractivity contribution < 1.29 is 0 Å². The first kappa shape index (κ1) is 27.4. The topological polar surface area (TPSA) is 38.7 Å². The van der Waals surface area contributed by atoms with Crippen LogP contribution in [0.25, 0.3) is 77.8 Å². The monoisotopic (exact) mass is 601 g/mol. The largest absolute Gasteiger partial charge is 0.256 e. The van der Waals surface area contributed by atoms with Gasteiger partial charge in [0.15, 0.2) is 5.82 Å². The number of nitrogens with zero attached hydrogens (tertiary/aromatic N) is 3. The molecule has 2 heterocycles. The molecule has 0 atom stereocenters. The highest BCUT2D eigenvalue weighted by Gasteiger charge is 2.35. The predicted molar refractivity (Wildman–Crippen MR) is 194 cm³/mol. The Hall–Kier alpha value is -5.93. The van der Waals surface area contributed by atoms with Gasteiger partial charge in [-0.1, -0.05) is 123 Å². The molecule has 8 aromatic rings. The highest BCUT2D eigenvalue weighted by Crippen LogP contribution is 2.50. The Labute approximate surface area is 274 Å². The van der Waals surface area contributed by atoms with Crippen molar-refractivity contribution in [2.24, 2.45) is 0 Å². The summed E-state index contributed by atoms with van der Waals surface area (Å²) < 4.78 is 0. The third-order valence-electron chi connectivity index (χ3n) is 9.73. The second-order valence-corrected chi connectivity index (χ2v) is 12.9. The lowest BCUT2D eigenvalue weighted by Crippen LogP contribution is -2.14. The lowest BCUT2D eigenvalue weighted by atomic mass is 9.81. The van der Waals surface area contributed by atoms with Crippen LogP contribution in [0.1, 0.15) is 25.0 Å². The zero-order valence-electron chi connectivity index (χ0n) is 26.3. The minimum atomic E-state index is -0.0597. The fourth-order valence-corrected chi connectivity index (χ4v) is 7.33. The Morgan fingerprint density at radius 3 is 2.00 bits per heavy atom. The number of benzene rings is 6. The summed E-state index contributed by atoms with van der Waals surface area (Å²) in [7, 11) is 0. The van der Waals surface area contributed by atoms with Crippen LogP contribution in [0.4, 0.5) is 0 Å². The van der Waals surface area contributed by atoms with Crippen LogP contribution in [0.3, 0.4) is 0 Å². The van der Waals surface area contributed by atoms with Gasteiger partial charge in [0.05, 0.1) is 17.1 Å². The van der Waals surface area contributed by atoms with Crippen molar-refractivity contribution >= 4 is 21.5 Å². The molecule has 0 radical (unpaired) electrons. The zero-order valence-corrected chi connectivity index (χ0v) is 26.3. The standard InChI is InChI=1S/C44H31N3/c1-44(2)38-19-7-6-16-34(38)37-25-29-21-22-33-32(36(29)26-39(37)44)17-11-18-35(33)42-27-41(46-43(47-42)28-12-4-3-5-13-28)31-15-10-14-30(24-31)40-20-8-9-23-45-40/h3-27H,1-2H3. The predicted octanol–water partition coefficient (Wildman–Crippen LogP) is 11.2. The molecule has 222 valence electrons. The fraction of sp³-hybridized carbons (Fsp3) is 0.0682. The van der Waals surface area contributed by atoms with Gasteiger partial charge in [0.25, 0.3) is 0 Å². The lowest BCUT2D eigenvalue weighted by Gasteiger charge is -2.22. The molecule has 9 rings (SSSR count). The molecule has 6 aromatic carbocycles. The quantitative estimate of drug-likeness (QED) is 0.188. The smallest absolute Gasteiger partial charge is 0.160 e. The molecule has 0 saturated heterocycles. The van der Waals surface area contributed by atoms with Crippen LogP contribution in [0, 0.1) is 0 Å². The van der Waals surface area contributed by atoms with E-state index in [9.17, 15) is 0 Å². The molecule has 2 aromatic heterocycles. The van der Waals surface area contributed by atoms with E-state index in [1.807, 2.05) is 42.6 Å². The highest BCUT2D eigenvalue weighted by atomic mass is 14.9. The van der Waals surface area contributed by atoms with Crippen LogP contribution in [-0.4, -0.2) is 15.0 Å². The molecule has 0 N–H and O–H groups in total. The molecule has 0 bridgehead atoms. The van der Waals surface area contributed by atoms with Gasteiger partial charge in [0, 0.05) is 33.9 Å². The number of pyridine rings is 1. The van der Waals surface area contributed by atoms with Gasteiger partial charge >= 0.3 is 0 Å².